The van der Waals surface area contributed by atoms with Crippen LogP contribution in [0.4, 0.5) is 0 Å². The van der Waals surface area contributed by atoms with Gasteiger partial charge in [-0.05, 0) is 43.4 Å². The molecule has 1 aliphatic heterocycles. The molecule has 0 bridgehead atoms. The summed E-state index contributed by atoms with van der Waals surface area (Å²) in [5.74, 6) is 3.88. The van der Waals surface area contributed by atoms with Gasteiger partial charge in [0.2, 0.25) is 5.91 Å². The van der Waals surface area contributed by atoms with E-state index < -0.39 is 0 Å². The highest BCUT2D eigenvalue weighted by atomic mass is 16.5. The van der Waals surface area contributed by atoms with Gasteiger partial charge in [0, 0.05) is 53.4 Å². The summed E-state index contributed by atoms with van der Waals surface area (Å²) in [6.07, 6.45) is 5.69. The Morgan fingerprint density at radius 1 is 1.12 bits per heavy atom. The third kappa shape index (κ3) is 5.84. The molecular formula is C19H35N5O2. The third-order valence-corrected chi connectivity index (χ3v) is 5.83. The van der Waals surface area contributed by atoms with Crippen LogP contribution in [0.3, 0.4) is 0 Å². The molecule has 7 heteroatoms. The predicted molar refractivity (Wildman–Crippen MR) is 103 cm³/mol. The Labute approximate surface area is 157 Å². The van der Waals surface area contributed by atoms with E-state index in [0.29, 0.717) is 19.7 Å². The molecule has 1 heterocycles. The fourth-order valence-electron chi connectivity index (χ4n) is 3.98. The first-order chi connectivity index (χ1) is 12.7. The first-order valence-electron chi connectivity index (χ1n) is 10.1. The molecule has 7 nitrogen and oxygen atoms in total. The van der Waals surface area contributed by atoms with E-state index in [4.69, 9.17) is 4.74 Å². The SMILES string of the molecule is CN=C(NCC(C1CC1)C1CC1)N1CCN(CC(=O)NCCOC)CC1. The number of piperazine rings is 1. The molecular weight excluding hydrogens is 330 g/mol. The zero-order chi connectivity index (χ0) is 18.4. The van der Waals surface area contributed by atoms with Gasteiger partial charge < -0.3 is 20.3 Å². The number of rotatable bonds is 9. The van der Waals surface area contributed by atoms with Crippen molar-refractivity contribution in [3.05, 3.63) is 0 Å². The van der Waals surface area contributed by atoms with E-state index in [1.54, 1.807) is 7.11 Å². The van der Waals surface area contributed by atoms with Crippen LogP contribution in [0.15, 0.2) is 4.99 Å². The van der Waals surface area contributed by atoms with Crippen molar-refractivity contribution < 1.29 is 9.53 Å². The zero-order valence-electron chi connectivity index (χ0n) is 16.4. The number of methoxy groups -OCH3 is 1. The summed E-state index contributed by atoms with van der Waals surface area (Å²) in [6, 6.07) is 0. The maximum absolute atomic E-state index is 11.9. The molecule has 2 saturated carbocycles. The van der Waals surface area contributed by atoms with Gasteiger partial charge in [-0.3, -0.25) is 14.7 Å². The van der Waals surface area contributed by atoms with E-state index in [2.05, 4.69) is 25.4 Å². The van der Waals surface area contributed by atoms with Gasteiger partial charge >= 0.3 is 0 Å². The third-order valence-electron chi connectivity index (χ3n) is 5.83. The Kier molecular flexibility index (Phi) is 7.14. The molecule has 0 aromatic heterocycles. The first kappa shape index (κ1) is 19.4. The van der Waals surface area contributed by atoms with Gasteiger partial charge in [-0.2, -0.15) is 0 Å². The van der Waals surface area contributed by atoms with Crippen LogP contribution in [0.2, 0.25) is 0 Å². The molecule has 0 spiro atoms. The van der Waals surface area contributed by atoms with Crippen LogP contribution < -0.4 is 10.6 Å². The lowest BCUT2D eigenvalue weighted by atomic mass is 9.98. The van der Waals surface area contributed by atoms with Crippen molar-refractivity contribution in [1.29, 1.82) is 0 Å². The summed E-state index contributed by atoms with van der Waals surface area (Å²) in [4.78, 5) is 21.0. The Bertz CT molecular complexity index is 470. The summed E-state index contributed by atoms with van der Waals surface area (Å²) in [6.45, 7) is 6.31. The molecule has 0 atom stereocenters. The van der Waals surface area contributed by atoms with E-state index in [9.17, 15) is 4.79 Å². The lowest BCUT2D eigenvalue weighted by Crippen LogP contribution is -2.54. The van der Waals surface area contributed by atoms with E-state index in [0.717, 1.165) is 56.4 Å². The highest BCUT2D eigenvalue weighted by Gasteiger charge is 2.41. The largest absolute Gasteiger partial charge is 0.383 e. The Morgan fingerprint density at radius 3 is 2.31 bits per heavy atom. The quantitative estimate of drug-likeness (QED) is 0.351. The number of hydrogen-bond donors (Lipinski definition) is 2. The van der Waals surface area contributed by atoms with Crippen molar-refractivity contribution in [2.45, 2.75) is 25.7 Å². The molecule has 1 amide bonds. The monoisotopic (exact) mass is 365 g/mol. The molecule has 3 aliphatic rings. The molecule has 3 fully saturated rings. The second-order valence-electron chi connectivity index (χ2n) is 7.87. The number of hydrogen-bond acceptors (Lipinski definition) is 4. The second kappa shape index (κ2) is 9.55. The van der Waals surface area contributed by atoms with Gasteiger partial charge in [0.25, 0.3) is 0 Å². The van der Waals surface area contributed by atoms with Gasteiger partial charge in [-0.15, -0.1) is 0 Å². The van der Waals surface area contributed by atoms with Gasteiger partial charge in [0.05, 0.1) is 13.2 Å². The normalized spacial score (nSPS) is 22.0. The number of nitrogens with zero attached hydrogens (tertiary/aromatic N) is 3. The number of carbonyl (C=O) groups excluding carboxylic acids is 1. The summed E-state index contributed by atoms with van der Waals surface area (Å²) >= 11 is 0. The Balaban J connectivity index is 1.36. The highest BCUT2D eigenvalue weighted by Crippen LogP contribution is 2.48. The van der Waals surface area contributed by atoms with Gasteiger partial charge in [-0.1, -0.05) is 0 Å². The molecule has 0 aromatic carbocycles. The molecule has 0 unspecified atom stereocenters. The maximum Gasteiger partial charge on any atom is 0.234 e. The van der Waals surface area contributed by atoms with Crippen LogP contribution in [0, 0.1) is 17.8 Å². The van der Waals surface area contributed by atoms with Crippen LogP contribution in [-0.2, 0) is 9.53 Å². The standard InChI is InChI=1S/C19H35N5O2/c1-20-19(22-13-17(15-3-4-15)16-5-6-16)24-10-8-23(9-11-24)14-18(25)21-7-12-26-2/h15-17H,3-14H2,1-2H3,(H,20,22)(H,21,25). The summed E-state index contributed by atoms with van der Waals surface area (Å²) in [5.41, 5.74) is 0. The van der Waals surface area contributed by atoms with Crippen LogP contribution in [0.5, 0.6) is 0 Å². The molecule has 3 rings (SSSR count). The average molecular weight is 366 g/mol. The van der Waals surface area contributed by atoms with Crippen molar-refractivity contribution in [3.8, 4) is 0 Å². The minimum Gasteiger partial charge on any atom is -0.383 e. The topological polar surface area (TPSA) is 69.2 Å². The summed E-state index contributed by atoms with van der Waals surface area (Å²) in [7, 11) is 3.52. The highest BCUT2D eigenvalue weighted by molar-refractivity contribution is 5.80. The fourth-order valence-corrected chi connectivity index (χ4v) is 3.98. The van der Waals surface area contributed by atoms with Crippen LogP contribution in [-0.4, -0.2) is 88.2 Å². The van der Waals surface area contributed by atoms with Crippen LogP contribution >= 0.6 is 0 Å². The minimum absolute atomic E-state index is 0.0784. The fraction of sp³-hybridized carbons (Fsp3) is 0.895. The summed E-state index contributed by atoms with van der Waals surface area (Å²) < 4.78 is 4.96. The maximum atomic E-state index is 11.9. The lowest BCUT2D eigenvalue weighted by molar-refractivity contribution is -0.122. The Morgan fingerprint density at radius 2 is 1.77 bits per heavy atom. The molecule has 2 N–H and O–H groups in total. The van der Waals surface area contributed by atoms with E-state index in [1.165, 1.54) is 25.7 Å². The number of aliphatic imine (C=N–C) groups is 1. The predicted octanol–water partition coefficient (Wildman–Crippen LogP) is 0.378. The van der Waals surface area contributed by atoms with Gasteiger partial charge in [-0.25, -0.2) is 0 Å². The Hall–Kier alpha value is -1.34. The van der Waals surface area contributed by atoms with Crippen LogP contribution in [0.25, 0.3) is 0 Å². The van der Waals surface area contributed by atoms with Crippen molar-refractivity contribution >= 4 is 11.9 Å². The molecule has 0 aromatic rings. The number of carbonyl (C=O) groups is 1. The smallest absolute Gasteiger partial charge is 0.234 e. The van der Waals surface area contributed by atoms with Gasteiger partial charge in [0.15, 0.2) is 5.96 Å². The van der Waals surface area contributed by atoms with E-state index in [1.807, 2.05) is 7.05 Å². The average Bonchev–Trinajstić information content (AvgIpc) is 3.54. The number of guanidine groups is 1. The van der Waals surface area contributed by atoms with E-state index in [-0.39, 0.29) is 5.91 Å². The first-order valence-corrected chi connectivity index (χ1v) is 10.1. The molecule has 26 heavy (non-hydrogen) atoms. The van der Waals surface area contributed by atoms with E-state index >= 15 is 0 Å². The van der Waals surface area contributed by atoms with Crippen molar-refractivity contribution in [3.63, 3.8) is 0 Å². The van der Waals surface area contributed by atoms with Gasteiger partial charge in [0.1, 0.15) is 0 Å². The second-order valence-corrected chi connectivity index (χ2v) is 7.87. The molecule has 148 valence electrons. The molecule has 0 radical (unpaired) electrons. The molecule has 2 aliphatic carbocycles. The minimum atomic E-state index is 0.0784. The van der Waals surface area contributed by atoms with Crippen molar-refractivity contribution in [2.24, 2.45) is 22.7 Å². The van der Waals surface area contributed by atoms with Crippen LogP contribution in [0.1, 0.15) is 25.7 Å². The lowest BCUT2D eigenvalue weighted by Gasteiger charge is -2.36. The number of nitrogens with one attached hydrogen (secondary N) is 2. The molecule has 1 saturated heterocycles. The van der Waals surface area contributed by atoms with Crippen molar-refractivity contribution in [2.75, 3.05) is 66.6 Å². The number of ether oxygens (including phenoxy) is 1. The summed E-state index contributed by atoms with van der Waals surface area (Å²) in [5, 5.41) is 6.52. The number of amides is 1. The van der Waals surface area contributed by atoms with Crippen molar-refractivity contribution in [1.82, 2.24) is 20.4 Å². The zero-order valence-corrected chi connectivity index (χ0v) is 16.4.